The molecule has 0 unspecified atom stereocenters. The molecule has 2 aliphatic rings. The largest absolute Gasteiger partial charge is 0.479 e. The number of halogens is 1. The van der Waals surface area contributed by atoms with E-state index in [2.05, 4.69) is 27.5 Å². The molecule has 2 fully saturated rings. The lowest BCUT2D eigenvalue weighted by atomic mass is 9.84. The highest BCUT2D eigenvalue weighted by molar-refractivity contribution is 7.93. The highest BCUT2D eigenvalue weighted by atomic mass is 32.2. The van der Waals surface area contributed by atoms with Gasteiger partial charge in [0.2, 0.25) is 0 Å². The number of nitrogens with one attached hydrogen (secondary N) is 3. The van der Waals surface area contributed by atoms with Gasteiger partial charge >= 0.3 is 0 Å². The van der Waals surface area contributed by atoms with Gasteiger partial charge in [0.05, 0.1) is 17.5 Å². The van der Waals surface area contributed by atoms with Gasteiger partial charge in [-0.1, -0.05) is 25.2 Å². The molecule has 0 bridgehead atoms. The number of ether oxygens (including phenoxy) is 1. The Morgan fingerprint density at radius 1 is 1.25 bits per heavy atom. The molecule has 3 N–H and O–H groups in total. The average Bonchev–Trinajstić information content (AvgIpc) is 2.85. The minimum atomic E-state index is -3.73. The van der Waals surface area contributed by atoms with E-state index in [1.165, 1.54) is 30.5 Å². The van der Waals surface area contributed by atoms with Crippen molar-refractivity contribution in [1.29, 1.82) is 5.41 Å². The van der Waals surface area contributed by atoms with Crippen molar-refractivity contribution in [1.82, 2.24) is 10.3 Å². The second kappa shape index (κ2) is 9.90. The highest BCUT2D eigenvalue weighted by Gasteiger charge is 2.56. The van der Waals surface area contributed by atoms with E-state index < -0.39 is 31.8 Å². The number of pyridine rings is 1. The fourth-order valence-corrected chi connectivity index (χ4v) is 7.48. The molecule has 10 heteroatoms. The van der Waals surface area contributed by atoms with Gasteiger partial charge in [0, 0.05) is 11.3 Å². The number of rotatable bonds is 5. The van der Waals surface area contributed by atoms with Crippen molar-refractivity contribution < 1.29 is 22.3 Å². The standard InChI is InChI=1S/C26H29FN4O4S/c1-3-4-14-35-19-9-11-22(29-16-19)23(32)30-18-8-10-21(27)20(15-18)25(2)17-36(33,34)26(24(28)31-25)12-6-5-7-13-26/h8-11,15-16H,5-7,12-14,17H2,1-2H3,(H2,28,31)(H,30,32)/t25-/m0/s1. The highest BCUT2D eigenvalue weighted by Crippen LogP contribution is 2.43. The zero-order valence-corrected chi connectivity index (χ0v) is 21.1. The fraction of sp³-hybridized carbons (Fsp3) is 0.423. The van der Waals surface area contributed by atoms with E-state index in [0.29, 0.717) is 18.6 Å². The molecular weight excluding hydrogens is 483 g/mol. The molecule has 8 nitrogen and oxygen atoms in total. The van der Waals surface area contributed by atoms with E-state index in [4.69, 9.17) is 10.1 Å². The van der Waals surface area contributed by atoms with E-state index in [9.17, 15) is 17.6 Å². The Labute approximate surface area is 210 Å². The minimum absolute atomic E-state index is 0.0630. The topological polar surface area (TPSA) is 121 Å². The van der Waals surface area contributed by atoms with Crippen LogP contribution < -0.4 is 15.4 Å². The van der Waals surface area contributed by atoms with Crippen LogP contribution in [0.3, 0.4) is 0 Å². The SMILES string of the molecule is CC#CCOc1ccc(C(=O)Nc2ccc(F)c([C@]3(C)CS(=O)(=O)C4(CCCCC4)C(=N)N3)c2)nc1. The predicted molar refractivity (Wildman–Crippen MR) is 135 cm³/mol. The van der Waals surface area contributed by atoms with Crippen molar-refractivity contribution in [2.45, 2.75) is 56.2 Å². The summed E-state index contributed by atoms with van der Waals surface area (Å²) in [5, 5.41) is 14.3. The van der Waals surface area contributed by atoms with Crippen LogP contribution in [0.15, 0.2) is 36.5 Å². The Hall–Kier alpha value is -3.45. The molecule has 1 aromatic heterocycles. The molecule has 1 atom stereocenters. The normalized spacial score (nSPS) is 22.1. The molecule has 190 valence electrons. The second-order valence-electron chi connectivity index (χ2n) is 9.39. The summed E-state index contributed by atoms with van der Waals surface area (Å²) in [5.41, 5.74) is -0.891. The van der Waals surface area contributed by atoms with Crippen LogP contribution in [0.25, 0.3) is 0 Å². The molecule has 1 saturated carbocycles. The van der Waals surface area contributed by atoms with Gasteiger partial charge < -0.3 is 15.4 Å². The van der Waals surface area contributed by atoms with Crippen LogP contribution in [0.1, 0.15) is 62.0 Å². The van der Waals surface area contributed by atoms with Crippen LogP contribution in [0.4, 0.5) is 10.1 Å². The van der Waals surface area contributed by atoms with Gasteiger partial charge in [-0.25, -0.2) is 17.8 Å². The van der Waals surface area contributed by atoms with Crippen LogP contribution >= 0.6 is 0 Å². The van der Waals surface area contributed by atoms with Crippen LogP contribution in [-0.2, 0) is 15.4 Å². The summed E-state index contributed by atoms with van der Waals surface area (Å²) >= 11 is 0. The Morgan fingerprint density at radius 3 is 2.64 bits per heavy atom. The number of benzene rings is 1. The molecule has 1 saturated heterocycles. The van der Waals surface area contributed by atoms with E-state index in [1.54, 1.807) is 19.9 Å². The summed E-state index contributed by atoms with van der Waals surface area (Å²) in [5.74, 6) is 4.38. The van der Waals surface area contributed by atoms with Crippen molar-refractivity contribution >= 4 is 27.3 Å². The van der Waals surface area contributed by atoms with Gasteiger partial charge in [0.1, 0.15) is 34.5 Å². The maximum atomic E-state index is 15.0. The number of sulfone groups is 1. The van der Waals surface area contributed by atoms with Gasteiger partial charge in [0.25, 0.3) is 5.91 Å². The quantitative estimate of drug-likeness (QED) is 0.524. The number of amides is 1. The molecule has 1 aliphatic carbocycles. The first-order chi connectivity index (χ1) is 17.1. The number of aromatic nitrogens is 1. The molecule has 0 radical (unpaired) electrons. The van der Waals surface area contributed by atoms with Crippen LogP contribution in [0, 0.1) is 23.1 Å². The first-order valence-electron chi connectivity index (χ1n) is 11.8. The Morgan fingerprint density at radius 2 is 2.00 bits per heavy atom. The summed E-state index contributed by atoms with van der Waals surface area (Å²) in [6, 6.07) is 7.07. The van der Waals surface area contributed by atoms with Crippen LogP contribution in [-0.4, -0.2) is 42.3 Å². The number of anilines is 1. The van der Waals surface area contributed by atoms with Gasteiger partial charge in [-0.3, -0.25) is 10.2 Å². The maximum absolute atomic E-state index is 15.0. The lowest BCUT2D eigenvalue weighted by Gasteiger charge is -2.47. The average molecular weight is 513 g/mol. The molecule has 2 aromatic rings. The van der Waals surface area contributed by atoms with Gasteiger partial charge in [-0.15, -0.1) is 5.92 Å². The Balaban J connectivity index is 1.55. The second-order valence-corrected chi connectivity index (χ2v) is 11.7. The molecule has 4 rings (SSSR count). The lowest BCUT2D eigenvalue weighted by molar-refractivity contribution is 0.102. The molecule has 1 spiro atoms. The molecule has 1 aliphatic heterocycles. The number of hydrogen-bond donors (Lipinski definition) is 3. The zero-order chi connectivity index (χ0) is 26.0. The molecule has 36 heavy (non-hydrogen) atoms. The minimum Gasteiger partial charge on any atom is -0.479 e. The number of amidine groups is 1. The lowest BCUT2D eigenvalue weighted by Crippen LogP contribution is -2.66. The third-order valence-electron chi connectivity index (χ3n) is 6.87. The summed E-state index contributed by atoms with van der Waals surface area (Å²) < 4.78 is 46.0. The zero-order valence-electron chi connectivity index (χ0n) is 20.3. The van der Waals surface area contributed by atoms with E-state index in [0.717, 1.165) is 19.3 Å². The van der Waals surface area contributed by atoms with Crippen molar-refractivity contribution in [3.8, 4) is 17.6 Å². The predicted octanol–water partition coefficient (Wildman–Crippen LogP) is 3.79. The third kappa shape index (κ3) is 4.80. The molecule has 2 heterocycles. The summed E-state index contributed by atoms with van der Waals surface area (Å²) in [4.78, 5) is 16.8. The van der Waals surface area contributed by atoms with Gasteiger partial charge in [0.15, 0.2) is 9.84 Å². The van der Waals surface area contributed by atoms with Gasteiger partial charge in [-0.2, -0.15) is 0 Å². The van der Waals surface area contributed by atoms with Gasteiger partial charge in [-0.05, 0) is 57.0 Å². The summed E-state index contributed by atoms with van der Waals surface area (Å²) in [7, 11) is -3.73. The molecular formula is C26H29FN4O4S. The van der Waals surface area contributed by atoms with Crippen molar-refractivity contribution in [3.05, 3.63) is 53.6 Å². The number of carbonyl (C=O) groups excluding carboxylic acids is 1. The number of hydrogen-bond acceptors (Lipinski definition) is 6. The summed E-state index contributed by atoms with van der Waals surface area (Å²) in [6.45, 7) is 3.49. The number of carbonyl (C=O) groups is 1. The molecule has 1 aromatic carbocycles. The third-order valence-corrected chi connectivity index (χ3v) is 9.63. The van der Waals surface area contributed by atoms with Crippen LogP contribution in [0.5, 0.6) is 5.75 Å². The Kier molecular flexibility index (Phi) is 7.05. The maximum Gasteiger partial charge on any atom is 0.274 e. The summed E-state index contributed by atoms with van der Waals surface area (Å²) in [6.07, 6.45) is 4.63. The number of nitrogens with zero attached hydrogens (tertiary/aromatic N) is 1. The van der Waals surface area contributed by atoms with Crippen molar-refractivity contribution in [2.75, 3.05) is 17.7 Å². The van der Waals surface area contributed by atoms with Crippen LogP contribution in [0.2, 0.25) is 0 Å². The van der Waals surface area contributed by atoms with E-state index in [-0.39, 0.29) is 35.1 Å². The first kappa shape index (κ1) is 25.6. The van der Waals surface area contributed by atoms with E-state index in [1.807, 2.05) is 0 Å². The van der Waals surface area contributed by atoms with Crippen molar-refractivity contribution in [3.63, 3.8) is 0 Å². The first-order valence-corrected chi connectivity index (χ1v) is 13.4. The smallest absolute Gasteiger partial charge is 0.274 e. The monoisotopic (exact) mass is 512 g/mol. The molecule has 1 amide bonds. The Bertz CT molecular complexity index is 1340. The van der Waals surface area contributed by atoms with E-state index >= 15 is 0 Å². The fourth-order valence-electron chi connectivity index (χ4n) is 4.94. The van der Waals surface area contributed by atoms with Crippen molar-refractivity contribution in [2.24, 2.45) is 0 Å².